The van der Waals surface area contributed by atoms with Crippen LogP contribution in [-0.2, 0) is 10.4 Å². The maximum Gasteiger partial charge on any atom is 0.123 e. The van der Waals surface area contributed by atoms with Crippen LogP contribution in [0.1, 0.15) is 32.3 Å². The van der Waals surface area contributed by atoms with E-state index in [1.807, 2.05) is 19.1 Å². The van der Waals surface area contributed by atoms with Crippen molar-refractivity contribution in [1.29, 1.82) is 0 Å². The van der Waals surface area contributed by atoms with Gasteiger partial charge in [0.15, 0.2) is 0 Å². The summed E-state index contributed by atoms with van der Waals surface area (Å²) in [5.41, 5.74) is -0.367. The summed E-state index contributed by atoms with van der Waals surface area (Å²) >= 11 is 0. The summed E-state index contributed by atoms with van der Waals surface area (Å²) in [7, 11) is 0. The molecule has 1 atom stereocenters. The molecule has 1 N–H and O–H groups in total. The van der Waals surface area contributed by atoms with Gasteiger partial charge in [-0.1, -0.05) is 19.1 Å². The molecule has 0 amide bonds. The maximum absolute atomic E-state index is 10.4. The predicted molar refractivity (Wildman–Crippen MR) is 62.5 cm³/mol. The van der Waals surface area contributed by atoms with E-state index in [4.69, 9.17) is 4.74 Å². The summed E-state index contributed by atoms with van der Waals surface area (Å²) in [5.74, 6) is 0.785. The molecule has 1 unspecified atom stereocenters. The standard InChI is InChI=1S/C13H18O3/c1-3-10-16-12-6-4-11(5-7-12)13(2,15)8-9-14/h4-7,9,15H,3,8,10H2,1-2H3. The Balaban J connectivity index is 2.73. The number of aldehydes is 1. The fraction of sp³-hybridized carbons (Fsp3) is 0.462. The monoisotopic (exact) mass is 222 g/mol. The fourth-order valence-corrected chi connectivity index (χ4v) is 1.41. The Labute approximate surface area is 96.1 Å². The second-order valence-corrected chi connectivity index (χ2v) is 4.02. The van der Waals surface area contributed by atoms with Crippen molar-refractivity contribution in [3.8, 4) is 5.75 Å². The highest BCUT2D eigenvalue weighted by Gasteiger charge is 2.22. The van der Waals surface area contributed by atoms with Gasteiger partial charge in [-0.3, -0.25) is 0 Å². The lowest BCUT2D eigenvalue weighted by Crippen LogP contribution is -2.21. The van der Waals surface area contributed by atoms with Crippen molar-refractivity contribution < 1.29 is 14.6 Å². The largest absolute Gasteiger partial charge is 0.494 e. The first-order valence-corrected chi connectivity index (χ1v) is 5.49. The van der Waals surface area contributed by atoms with Gasteiger partial charge >= 0.3 is 0 Å². The van der Waals surface area contributed by atoms with E-state index < -0.39 is 5.60 Å². The lowest BCUT2D eigenvalue weighted by Gasteiger charge is -2.21. The second-order valence-electron chi connectivity index (χ2n) is 4.02. The molecule has 0 saturated heterocycles. The molecule has 0 fully saturated rings. The normalized spacial score (nSPS) is 14.2. The van der Waals surface area contributed by atoms with E-state index in [2.05, 4.69) is 0 Å². The van der Waals surface area contributed by atoms with E-state index in [1.165, 1.54) is 0 Å². The van der Waals surface area contributed by atoms with Gasteiger partial charge in [-0.25, -0.2) is 0 Å². The molecule has 0 aliphatic carbocycles. The molecule has 16 heavy (non-hydrogen) atoms. The number of carbonyl (C=O) groups is 1. The Kier molecular flexibility index (Phi) is 4.50. The first-order valence-electron chi connectivity index (χ1n) is 5.49. The van der Waals surface area contributed by atoms with Gasteiger partial charge in [-0.15, -0.1) is 0 Å². The summed E-state index contributed by atoms with van der Waals surface area (Å²) in [6.07, 6.45) is 1.79. The van der Waals surface area contributed by atoms with Crippen molar-refractivity contribution >= 4 is 6.29 Å². The number of ether oxygens (including phenoxy) is 1. The van der Waals surface area contributed by atoms with E-state index in [0.29, 0.717) is 6.61 Å². The third-order valence-corrected chi connectivity index (χ3v) is 2.43. The number of hydrogen-bond acceptors (Lipinski definition) is 3. The molecule has 88 valence electrons. The van der Waals surface area contributed by atoms with Gasteiger partial charge in [-0.05, 0) is 31.0 Å². The Hall–Kier alpha value is -1.35. The molecule has 0 radical (unpaired) electrons. The molecule has 1 rings (SSSR count). The molecular weight excluding hydrogens is 204 g/mol. The topological polar surface area (TPSA) is 46.5 Å². The Bertz CT molecular complexity index is 328. The van der Waals surface area contributed by atoms with Crippen LogP contribution in [0.15, 0.2) is 24.3 Å². The number of benzene rings is 1. The number of aliphatic hydroxyl groups is 1. The molecule has 0 heterocycles. The van der Waals surface area contributed by atoms with Gasteiger partial charge in [0, 0.05) is 6.42 Å². The van der Waals surface area contributed by atoms with Crippen LogP contribution in [0, 0.1) is 0 Å². The van der Waals surface area contributed by atoms with Crippen molar-refractivity contribution in [2.75, 3.05) is 6.61 Å². The molecule has 0 aliphatic heterocycles. The molecule has 0 spiro atoms. The molecule has 1 aromatic rings. The van der Waals surface area contributed by atoms with Crippen LogP contribution in [0.2, 0.25) is 0 Å². The van der Waals surface area contributed by atoms with Gasteiger partial charge in [0.05, 0.1) is 12.2 Å². The third-order valence-electron chi connectivity index (χ3n) is 2.43. The van der Waals surface area contributed by atoms with Crippen molar-refractivity contribution in [3.05, 3.63) is 29.8 Å². The minimum absolute atomic E-state index is 0.0994. The summed E-state index contributed by atoms with van der Waals surface area (Å²) in [4.78, 5) is 10.4. The lowest BCUT2D eigenvalue weighted by molar-refractivity contribution is -0.112. The zero-order valence-electron chi connectivity index (χ0n) is 9.77. The first-order chi connectivity index (χ1) is 7.60. The second kappa shape index (κ2) is 5.66. The summed E-state index contributed by atoms with van der Waals surface area (Å²) < 4.78 is 5.43. The maximum atomic E-state index is 10.4. The van der Waals surface area contributed by atoms with Gasteiger partial charge in [0.2, 0.25) is 0 Å². The van der Waals surface area contributed by atoms with E-state index >= 15 is 0 Å². The van der Waals surface area contributed by atoms with Gasteiger partial charge in [0.25, 0.3) is 0 Å². The molecule has 3 nitrogen and oxygen atoms in total. The van der Waals surface area contributed by atoms with Crippen LogP contribution in [0.25, 0.3) is 0 Å². The van der Waals surface area contributed by atoms with Gasteiger partial charge < -0.3 is 14.6 Å². The van der Waals surface area contributed by atoms with Crippen molar-refractivity contribution in [2.24, 2.45) is 0 Å². The number of carbonyl (C=O) groups excluding carboxylic acids is 1. The minimum Gasteiger partial charge on any atom is -0.494 e. The zero-order chi connectivity index (χ0) is 12.0. The van der Waals surface area contributed by atoms with Crippen LogP contribution in [0.3, 0.4) is 0 Å². The molecule has 3 heteroatoms. The van der Waals surface area contributed by atoms with Gasteiger partial charge in [-0.2, -0.15) is 0 Å². The Morgan fingerprint density at radius 1 is 1.38 bits per heavy atom. The zero-order valence-corrected chi connectivity index (χ0v) is 9.77. The number of hydrogen-bond donors (Lipinski definition) is 1. The van der Waals surface area contributed by atoms with Crippen LogP contribution in [0.4, 0.5) is 0 Å². The predicted octanol–water partition coefficient (Wildman–Crippen LogP) is 2.27. The molecular formula is C13H18O3. The summed E-state index contributed by atoms with van der Waals surface area (Å²) in [6.45, 7) is 4.36. The number of rotatable bonds is 6. The Morgan fingerprint density at radius 2 is 2.00 bits per heavy atom. The molecule has 0 aliphatic rings. The van der Waals surface area contributed by atoms with E-state index in [-0.39, 0.29) is 6.42 Å². The molecule has 1 aromatic carbocycles. The summed E-state index contributed by atoms with van der Waals surface area (Å²) in [6, 6.07) is 7.19. The molecule has 0 aromatic heterocycles. The van der Waals surface area contributed by atoms with E-state index in [1.54, 1.807) is 19.1 Å². The van der Waals surface area contributed by atoms with Crippen LogP contribution < -0.4 is 4.74 Å². The van der Waals surface area contributed by atoms with E-state index in [0.717, 1.165) is 24.0 Å². The average molecular weight is 222 g/mol. The quantitative estimate of drug-likeness (QED) is 0.751. The third kappa shape index (κ3) is 3.35. The highest BCUT2D eigenvalue weighted by Crippen LogP contribution is 2.25. The van der Waals surface area contributed by atoms with Crippen molar-refractivity contribution in [2.45, 2.75) is 32.3 Å². The molecule has 0 bridgehead atoms. The summed E-state index contributed by atoms with van der Waals surface area (Å²) in [5, 5.41) is 9.98. The smallest absolute Gasteiger partial charge is 0.123 e. The SMILES string of the molecule is CCCOc1ccc(C(C)(O)CC=O)cc1. The highest BCUT2D eigenvalue weighted by molar-refractivity contribution is 5.52. The fourth-order valence-electron chi connectivity index (χ4n) is 1.41. The first kappa shape index (κ1) is 12.7. The highest BCUT2D eigenvalue weighted by atomic mass is 16.5. The lowest BCUT2D eigenvalue weighted by atomic mass is 9.93. The van der Waals surface area contributed by atoms with E-state index in [9.17, 15) is 9.90 Å². The Morgan fingerprint density at radius 3 is 2.50 bits per heavy atom. The minimum atomic E-state index is -1.09. The van der Waals surface area contributed by atoms with Crippen molar-refractivity contribution in [3.63, 3.8) is 0 Å². The van der Waals surface area contributed by atoms with Crippen LogP contribution >= 0.6 is 0 Å². The molecule has 0 saturated carbocycles. The van der Waals surface area contributed by atoms with Crippen molar-refractivity contribution in [1.82, 2.24) is 0 Å². The average Bonchev–Trinajstić information content (AvgIpc) is 2.27. The van der Waals surface area contributed by atoms with Gasteiger partial charge in [0.1, 0.15) is 12.0 Å². The van der Waals surface area contributed by atoms with Crippen LogP contribution in [0.5, 0.6) is 5.75 Å². The van der Waals surface area contributed by atoms with Crippen LogP contribution in [-0.4, -0.2) is 18.0 Å².